The van der Waals surface area contributed by atoms with Gasteiger partial charge in [0.15, 0.2) is 11.7 Å². The van der Waals surface area contributed by atoms with Crippen molar-refractivity contribution in [2.45, 2.75) is 32.1 Å². The highest BCUT2D eigenvalue weighted by molar-refractivity contribution is 7.13. The van der Waals surface area contributed by atoms with Crippen LogP contribution in [0.15, 0.2) is 29.6 Å². The number of benzene rings is 1. The zero-order valence-corrected chi connectivity index (χ0v) is 12.8. The molecule has 4 nitrogen and oxygen atoms in total. The Balaban J connectivity index is 1.53. The molecule has 0 unspecified atom stereocenters. The van der Waals surface area contributed by atoms with E-state index >= 15 is 0 Å². The van der Waals surface area contributed by atoms with Crippen molar-refractivity contribution in [3.63, 3.8) is 0 Å². The number of rotatable bonds is 6. The minimum absolute atomic E-state index is 0.00928. The Hall–Kier alpha value is -1.88. The molecule has 1 aromatic heterocycles. The predicted molar refractivity (Wildman–Crippen MR) is 84.0 cm³/mol. The number of para-hydroxylation sites is 1. The summed E-state index contributed by atoms with van der Waals surface area (Å²) in [5.74, 6) is 1.21. The third-order valence-corrected chi connectivity index (χ3v) is 4.25. The molecule has 1 aliphatic carbocycles. The second kappa shape index (κ2) is 6.26. The van der Waals surface area contributed by atoms with Crippen molar-refractivity contribution >= 4 is 22.4 Å². The van der Waals surface area contributed by atoms with E-state index in [1.165, 1.54) is 24.2 Å². The third kappa shape index (κ3) is 3.61. The van der Waals surface area contributed by atoms with E-state index < -0.39 is 0 Å². The first-order valence-electron chi connectivity index (χ1n) is 7.22. The van der Waals surface area contributed by atoms with Crippen LogP contribution in [0.5, 0.6) is 5.75 Å². The SMILES string of the molecule is CCc1ccccc1OCC(=O)Nc1nc(C2CC2)cs1. The average Bonchev–Trinajstić information content (AvgIpc) is 3.26. The minimum Gasteiger partial charge on any atom is -0.483 e. The van der Waals surface area contributed by atoms with E-state index in [9.17, 15) is 4.79 Å². The number of hydrogen-bond acceptors (Lipinski definition) is 4. The van der Waals surface area contributed by atoms with Crippen LogP contribution in [0.4, 0.5) is 5.13 Å². The summed E-state index contributed by atoms with van der Waals surface area (Å²) < 4.78 is 5.59. The molecule has 1 aromatic carbocycles. The number of ether oxygens (including phenoxy) is 1. The van der Waals surface area contributed by atoms with E-state index in [1.54, 1.807) is 0 Å². The zero-order chi connectivity index (χ0) is 14.7. The Kier molecular flexibility index (Phi) is 4.20. The van der Waals surface area contributed by atoms with Crippen LogP contribution in [-0.2, 0) is 11.2 Å². The van der Waals surface area contributed by atoms with Crippen molar-refractivity contribution in [1.29, 1.82) is 0 Å². The maximum Gasteiger partial charge on any atom is 0.264 e. The first-order chi connectivity index (χ1) is 10.3. The van der Waals surface area contributed by atoms with Crippen LogP contribution in [0, 0.1) is 0 Å². The number of aromatic nitrogens is 1. The lowest BCUT2D eigenvalue weighted by Gasteiger charge is -2.09. The Bertz CT molecular complexity index is 635. The summed E-state index contributed by atoms with van der Waals surface area (Å²) in [6.45, 7) is 2.08. The highest BCUT2D eigenvalue weighted by atomic mass is 32.1. The molecular formula is C16H18N2O2S. The second-order valence-corrected chi connectivity index (χ2v) is 6.01. The van der Waals surface area contributed by atoms with Gasteiger partial charge in [-0.2, -0.15) is 0 Å². The van der Waals surface area contributed by atoms with Crippen molar-refractivity contribution in [2.24, 2.45) is 0 Å². The van der Waals surface area contributed by atoms with Gasteiger partial charge >= 0.3 is 0 Å². The molecule has 1 N–H and O–H groups in total. The molecule has 0 aliphatic heterocycles. The summed E-state index contributed by atoms with van der Waals surface area (Å²) in [6.07, 6.45) is 3.32. The molecule has 21 heavy (non-hydrogen) atoms. The number of carbonyl (C=O) groups excluding carboxylic acids is 1. The number of nitrogens with zero attached hydrogens (tertiary/aromatic N) is 1. The Labute approximate surface area is 128 Å². The Morgan fingerprint density at radius 2 is 2.24 bits per heavy atom. The lowest BCUT2D eigenvalue weighted by atomic mass is 10.1. The quantitative estimate of drug-likeness (QED) is 0.887. The van der Waals surface area contributed by atoms with Gasteiger partial charge in [-0.05, 0) is 30.9 Å². The number of thiazole rings is 1. The first-order valence-corrected chi connectivity index (χ1v) is 8.10. The molecule has 5 heteroatoms. The summed E-state index contributed by atoms with van der Waals surface area (Å²) in [5.41, 5.74) is 2.21. The summed E-state index contributed by atoms with van der Waals surface area (Å²) in [5, 5.41) is 5.49. The topological polar surface area (TPSA) is 51.2 Å². The number of carbonyl (C=O) groups is 1. The number of hydrogen-bond donors (Lipinski definition) is 1. The summed E-state index contributed by atoms with van der Waals surface area (Å²) in [6, 6.07) is 7.78. The maximum absolute atomic E-state index is 11.9. The molecule has 0 spiro atoms. The van der Waals surface area contributed by atoms with Crippen molar-refractivity contribution in [3.05, 3.63) is 40.9 Å². The van der Waals surface area contributed by atoms with Crippen LogP contribution in [0.3, 0.4) is 0 Å². The van der Waals surface area contributed by atoms with Crippen LogP contribution in [-0.4, -0.2) is 17.5 Å². The molecule has 110 valence electrons. The van der Waals surface area contributed by atoms with E-state index in [0.29, 0.717) is 11.0 Å². The summed E-state index contributed by atoms with van der Waals surface area (Å²) in [4.78, 5) is 16.3. The molecule has 1 amide bonds. The molecule has 1 saturated carbocycles. The largest absolute Gasteiger partial charge is 0.483 e. The third-order valence-electron chi connectivity index (χ3n) is 3.48. The van der Waals surface area contributed by atoms with Crippen molar-refractivity contribution in [1.82, 2.24) is 4.98 Å². The van der Waals surface area contributed by atoms with Gasteiger partial charge in [-0.1, -0.05) is 25.1 Å². The smallest absolute Gasteiger partial charge is 0.264 e. The molecule has 0 radical (unpaired) electrons. The van der Waals surface area contributed by atoms with E-state index in [4.69, 9.17) is 4.74 Å². The number of amides is 1. The van der Waals surface area contributed by atoms with Crippen LogP contribution in [0.1, 0.15) is 36.9 Å². The molecule has 0 bridgehead atoms. The normalized spacial score (nSPS) is 14.0. The number of nitrogens with one attached hydrogen (secondary N) is 1. The van der Waals surface area contributed by atoms with Gasteiger partial charge in [0.25, 0.3) is 5.91 Å². The van der Waals surface area contributed by atoms with Crippen molar-refractivity contribution in [2.75, 3.05) is 11.9 Å². The molecule has 1 aliphatic rings. The predicted octanol–water partition coefficient (Wildman–Crippen LogP) is 3.60. The molecule has 3 rings (SSSR count). The molecule has 0 atom stereocenters. The Morgan fingerprint density at radius 1 is 1.43 bits per heavy atom. The van der Waals surface area contributed by atoms with E-state index in [1.807, 2.05) is 29.6 Å². The summed E-state index contributed by atoms with van der Waals surface area (Å²) >= 11 is 1.48. The lowest BCUT2D eigenvalue weighted by molar-refractivity contribution is -0.118. The number of anilines is 1. The molecule has 0 saturated heterocycles. The van der Waals surface area contributed by atoms with E-state index in [0.717, 1.165) is 23.4 Å². The highest BCUT2D eigenvalue weighted by Gasteiger charge is 2.26. The first kappa shape index (κ1) is 14.1. The van der Waals surface area contributed by atoms with Gasteiger partial charge in [0.2, 0.25) is 0 Å². The molecule has 1 heterocycles. The van der Waals surface area contributed by atoms with Gasteiger partial charge in [0.1, 0.15) is 5.75 Å². The average molecular weight is 302 g/mol. The minimum atomic E-state index is -0.169. The van der Waals surface area contributed by atoms with E-state index in [-0.39, 0.29) is 12.5 Å². The fourth-order valence-corrected chi connectivity index (χ4v) is 2.95. The zero-order valence-electron chi connectivity index (χ0n) is 12.0. The number of aryl methyl sites for hydroxylation is 1. The second-order valence-electron chi connectivity index (χ2n) is 5.15. The van der Waals surface area contributed by atoms with Crippen molar-refractivity contribution < 1.29 is 9.53 Å². The maximum atomic E-state index is 11.9. The van der Waals surface area contributed by atoms with Gasteiger partial charge in [0.05, 0.1) is 5.69 Å². The fraction of sp³-hybridized carbons (Fsp3) is 0.375. The van der Waals surface area contributed by atoms with E-state index in [2.05, 4.69) is 17.2 Å². The standard InChI is InChI=1S/C16H18N2O2S/c1-2-11-5-3-4-6-14(11)20-9-15(19)18-16-17-13(10-21-16)12-7-8-12/h3-6,10,12H,2,7-9H2,1H3,(H,17,18,19). The monoisotopic (exact) mass is 302 g/mol. The van der Waals surface area contributed by atoms with Crippen LogP contribution < -0.4 is 10.1 Å². The van der Waals surface area contributed by atoms with Gasteiger partial charge in [-0.3, -0.25) is 10.1 Å². The van der Waals surface area contributed by atoms with Gasteiger partial charge in [-0.25, -0.2) is 4.98 Å². The van der Waals surface area contributed by atoms with Crippen LogP contribution >= 0.6 is 11.3 Å². The van der Waals surface area contributed by atoms with Crippen molar-refractivity contribution in [3.8, 4) is 5.75 Å². The van der Waals surface area contributed by atoms with Crippen LogP contribution in [0.2, 0.25) is 0 Å². The van der Waals surface area contributed by atoms with Gasteiger partial charge < -0.3 is 4.74 Å². The lowest BCUT2D eigenvalue weighted by Crippen LogP contribution is -2.20. The molecular weight excluding hydrogens is 284 g/mol. The molecule has 1 fully saturated rings. The van der Waals surface area contributed by atoms with Gasteiger partial charge in [-0.15, -0.1) is 11.3 Å². The molecule has 2 aromatic rings. The Morgan fingerprint density at radius 3 is 3.00 bits per heavy atom. The highest BCUT2D eigenvalue weighted by Crippen LogP contribution is 2.40. The summed E-state index contributed by atoms with van der Waals surface area (Å²) in [7, 11) is 0. The van der Waals surface area contributed by atoms with Crippen LogP contribution in [0.25, 0.3) is 0 Å². The fourth-order valence-electron chi connectivity index (χ4n) is 2.15. The van der Waals surface area contributed by atoms with Gasteiger partial charge in [0, 0.05) is 11.3 Å².